The smallest absolute Gasteiger partial charge is 0.220 e. The molecule has 2 atom stereocenters. The quantitative estimate of drug-likeness (QED) is 0.159. The van der Waals surface area contributed by atoms with Gasteiger partial charge in [0, 0.05) is 6.42 Å². The summed E-state index contributed by atoms with van der Waals surface area (Å²) in [6, 6.07) is -0.609. The van der Waals surface area contributed by atoms with E-state index in [0.717, 1.165) is 38.5 Å². The van der Waals surface area contributed by atoms with E-state index >= 15 is 0 Å². The second kappa shape index (κ2) is 21.8. The third-order valence-corrected chi connectivity index (χ3v) is 5.52. The van der Waals surface area contributed by atoms with Crippen LogP contribution in [0.3, 0.4) is 0 Å². The van der Waals surface area contributed by atoms with E-state index in [-0.39, 0.29) is 12.5 Å². The number of carbonyl (C=O) groups excluding carboxylic acids is 1. The molecule has 0 spiro atoms. The minimum atomic E-state index is -0.827. The van der Waals surface area contributed by atoms with E-state index in [4.69, 9.17) is 0 Å². The van der Waals surface area contributed by atoms with Crippen LogP contribution < -0.4 is 5.32 Å². The van der Waals surface area contributed by atoms with Crippen LogP contribution in [0.5, 0.6) is 0 Å². The van der Waals surface area contributed by atoms with Crippen molar-refractivity contribution in [2.45, 2.75) is 135 Å². The Bertz CT molecular complexity index is 384. The standard InChI is InChI=1S/C25H49NO3/c1-3-5-7-9-10-11-12-13-14-15-16-17-18-20-24(28)23(22-27)26-25(29)21-19-8-6-4-2/h18,20,23-24,27-28H,3-17,19,21-22H2,1-2H3,(H,26,29). The Morgan fingerprint density at radius 1 is 0.793 bits per heavy atom. The van der Waals surface area contributed by atoms with Gasteiger partial charge in [-0.3, -0.25) is 4.79 Å². The number of amides is 1. The molecular formula is C25H49NO3. The normalized spacial score (nSPS) is 13.7. The van der Waals surface area contributed by atoms with Gasteiger partial charge in [-0.1, -0.05) is 109 Å². The molecule has 0 radical (unpaired) electrons. The average molecular weight is 412 g/mol. The average Bonchev–Trinajstić information content (AvgIpc) is 2.72. The van der Waals surface area contributed by atoms with Crippen molar-refractivity contribution in [3.63, 3.8) is 0 Å². The Morgan fingerprint density at radius 2 is 1.28 bits per heavy atom. The summed E-state index contributed by atoms with van der Waals surface area (Å²) in [5.41, 5.74) is 0. The Kier molecular flexibility index (Phi) is 21.2. The summed E-state index contributed by atoms with van der Waals surface area (Å²) in [5, 5.41) is 22.4. The maximum atomic E-state index is 11.9. The van der Waals surface area contributed by atoms with Gasteiger partial charge in [0.15, 0.2) is 0 Å². The zero-order valence-corrected chi connectivity index (χ0v) is 19.3. The van der Waals surface area contributed by atoms with Crippen LogP contribution in [0.15, 0.2) is 12.2 Å². The maximum Gasteiger partial charge on any atom is 0.220 e. The molecule has 0 aromatic heterocycles. The molecule has 3 N–H and O–H groups in total. The molecule has 0 rings (SSSR count). The van der Waals surface area contributed by atoms with Gasteiger partial charge in [-0.05, 0) is 19.3 Å². The fourth-order valence-electron chi connectivity index (χ4n) is 3.53. The van der Waals surface area contributed by atoms with Crippen LogP contribution in [0.4, 0.5) is 0 Å². The van der Waals surface area contributed by atoms with Crippen LogP contribution in [0.25, 0.3) is 0 Å². The molecule has 2 unspecified atom stereocenters. The predicted molar refractivity (Wildman–Crippen MR) is 124 cm³/mol. The van der Waals surface area contributed by atoms with E-state index in [1.54, 1.807) is 6.08 Å². The molecule has 172 valence electrons. The van der Waals surface area contributed by atoms with Crippen molar-refractivity contribution in [1.29, 1.82) is 0 Å². The zero-order valence-electron chi connectivity index (χ0n) is 19.3. The molecule has 0 aromatic carbocycles. The van der Waals surface area contributed by atoms with Crippen LogP contribution in [0.1, 0.15) is 123 Å². The van der Waals surface area contributed by atoms with Crippen LogP contribution in [-0.4, -0.2) is 34.9 Å². The monoisotopic (exact) mass is 411 g/mol. The summed E-state index contributed by atoms with van der Waals surface area (Å²) < 4.78 is 0. The number of allylic oxidation sites excluding steroid dienone is 1. The minimum Gasteiger partial charge on any atom is -0.394 e. The number of unbranched alkanes of at least 4 members (excludes halogenated alkanes) is 14. The molecule has 0 aromatic rings. The SMILES string of the molecule is CCCCCCCCCCCCCC=CC(O)C(CO)NC(=O)CCCCCC. The van der Waals surface area contributed by atoms with Crippen LogP contribution >= 0.6 is 0 Å². The van der Waals surface area contributed by atoms with Gasteiger partial charge in [0.1, 0.15) is 0 Å². The van der Waals surface area contributed by atoms with Gasteiger partial charge in [-0.25, -0.2) is 0 Å². The van der Waals surface area contributed by atoms with Crippen molar-refractivity contribution in [2.75, 3.05) is 6.61 Å². The van der Waals surface area contributed by atoms with Crippen molar-refractivity contribution in [2.24, 2.45) is 0 Å². The number of carbonyl (C=O) groups is 1. The Balaban J connectivity index is 3.68. The molecule has 0 aliphatic carbocycles. The second-order valence-electron chi connectivity index (χ2n) is 8.41. The summed E-state index contributed by atoms with van der Waals surface area (Å²) >= 11 is 0. The number of aliphatic hydroxyl groups is 2. The van der Waals surface area contributed by atoms with Gasteiger partial charge in [0.2, 0.25) is 5.91 Å². The number of hydrogen-bond donors (Lipinski definition) is 3. The summed E-state index contributed by atoms with van der Waals surface area (Å²) in [6.07, 6.45) is 23.1. The molecule has 0 bridgehead atoms. The summed E-state index contributed by atoms with van der Waals surface area (Å²) in [4.78, 5) is 11.9. The van der Waals surface area contributed by atoms with E-state index in [0.29, 0.717) is 6.42 Å². The highest BCUT2D eigenvalue weighted by Crippen LogP contribution is 2.12. The predicted octanol–water partition coefficient (Wildman–Crippen LogP) is 6.05. The van der Waals surface area contributed by atoms with E-state index in [2.05, 4.69) is 19.2 Å². The number of hydrogen-bond acceptors (Lipinski definition) is 3. The zero-order chi connectivity index (χ0) is 21.6. The molecule has 0 heterocycles. The Labute approximate surface area is 180 Å². The van der Waals surface area contributed by atoms with Gasteiger partial charge in [-0.2, -0.15) is 0 Å². The van der Waals surface area contributed by atoms with Gasteiger partial charge in [0.05, 0.1) is 18.8 Å². The molecule has 0 aliphatic rings. The lowest BCUT2D eigenvalue weighted by Gasteiger charge is -2.19. The number of nitrogens with one attached hydrogen (secondary N) is 1. The molecule has 1 amide bonds. The van der Waals surface area contributed by atoms with Crippen molar-refractivity contribution in [1.82, 2.24) is 5.32 Å². The lowest BCUT2D eigenvalue weighted by Crippen LogP contribution is -2.45. The van der Waals surface area contributed by atoms with E-state index in [1.165, 1.54) is 64.2 Å². The van der Waals surface area contributed by atoms with Crippen molar-refractivity contribution in [3.05, 3.63) is 12.2 Å². The van der Waals surface area contributed by atoms with Gasteiger partial charge >= 0.3 is 0 Å². The third kappa shape index (κ3) is 18.9. The van der Waals surface area contributed by atoms with Gasteiger partial charge in [-0.15, -0.1) is 0 Å². The Morgan fingerprint density at radius 3 is 1.79 bits per heavy atom. The van der Waals surface area contributed by atoms with Gasteiger partial charge in [0.25, 0.3) is 0 Å². The first kappa shape index (κ1) is 28.1. The highest BCUT2D eigenvalue weighted by molar-refractivity contribution is 5.76. The maximum absolute atomic E-state index is 11.9. The van der Waals surface area contributed by atoms with Crippen LogP contribution in [-0.2, 0) is 4.79 Å². The molecule has 0 fully saturated rings. The lowest BCUT2D eigenvalue weighted by molar-refractivity contribution is -0.123. The van der Waals surface area contributed by atoms with Crippen LogP contribution in [0.2, 0.25) is 0 Å². The molecule has 4 nitrogen and oxygen atoms in total. The van der Waals surface area contributed by atoms with Crippen LogP contribution in [0, 0.1) is 0 Å². The summed E-state index contributed by atoms with van der Waals surface area (Å²) in [5.74, 6) is -0.0852. The molecule has 0 aliphatic heterocycles. The number of aliphatic hydroxyl groups excluding tert-OH is 2. The summed E-state index contributed by atoms with van der Waals surface area (Å²) in [7, 11) is 0. The lowest BCUT2D eigenvalue weighted by atomic mass is 10.0. The van der Waals surface area contributed by atoms with E-state index in [1.807, 2.05) is 6.08 Å². The second-order valence-corrected chi connectivity index (χ2v) is 8.41. The van der Waals surface area contributed by atoms with Crippen molar-refractivity contribution >= 4 is 5.91 Å². The minimum absolute atomic E-state index is 0.0852. The van der Waals surface area contributed by atoms with E-state index < -0.39 is 12.1 Å². The first-order valence-electron chi connectivity index (χ1n) is 12.4. The molecule has 0 saturated carbocycles. The van der Waals surface area contributed by atoms with Gasteiger partial charge < -0.3 is 15.5 Å². The fraction of sp³-hybridized carbons (Fsp3) is 0.880. The van der Waals surface area contributed by atoms with E-state index in [9.17, 15) is 15.0 Å². The van der Waals surface area contributed by atoms with Crippen molar-refractivity contribution < 1.29 is 15.0 Å². The number of rotatable bonds is 21. The Hall–Kier alpha value is -0.870. The fourth-order valence-corrected chi connectivity index (χ4v) is 3.53. The first-order chi connectivity index (χ1) is 14.2. The molecule has 0 saturated heterocycles. The third-order valence-electron chi connectivity index (χ3n) is 5.52. The van der Waals surface area contributed by atoms with Crippen molar-refractivity contribution in [3.8, 4) is 0 Å². The molecule has 4 heteroatoms. The highest BCUT2D eigenvalue weighted by atomic mass is 16.3. The largest absolute Gasteiger partial charge is 0.394 e. The topological polar surface area (TPSA) is 69.6 Å². The molecular weight excluding hydrogens is 362 g/mol. The summed E-state index contributed by atoms with van der Waals surface area (Å²) in [6.45, 7) is 4.15. The highest BCUT2D eigenvalue weighted by Gasteiger charge is 2.17. The molecule has 29 heavy (non-hydrogen) atoms. The first-order valence-corrected chi connectivity index (χ1v) is 12.4.